The second kappa shape index (κ2) is 8.73. The van der Waals surface area contributed by atoms with Crippen molar-refractivity contribution >= 4 is 11.9 Å². The van der Waals surface area contributed by atoms with Gasteiger partial charge in [0.1, 0.15) is 11.5 Å². The highest BCUT2D eigenvalue weighted by Crippen LogP contribution is 2.38. The summed E-state index contributed by atoms with van der Waals surface area (Å²) in [5.41, 5.74) is 2.13. The number of likely N-dealkylation sites (N-methyl/N-ethyl adjacent to an activating group) is 2. The molecule has 1 atom stereocenters. The minimum absolute atomic E-state index is 0.0363. The summed E-state index contributed by atoms with van der Waals surface area (Å²) < 4.78 is 10.7. The van der Waals surface area contributed by atoms with Crippen LogP contribution in [0, 0.1) is 0 Å². The van der Waals surface area contributed by atoms with Crippen molar-refractivity contribution in [3.8, 4) is 11.5 Å². The van der Waals surface area contributed by atoms with Crippen molar-refractivity contribution in [2.45, 2.75) is 19.9 Å². The lowest BCUT2D eigenvalue weighted by molar-refractivity contribution is -0.126. The molecule has 0 saturated carbocycles. The monoisotopic (exact) mass is 402 g/mol. The summed E-state index contributed by atoms with van der Waals surface area (Å²) in [5.74, 6) is 1.18. The Kier molecular flexibility index (Phi) is 6.32. The molecule has 2 heterocycles. The highest BCUT2D eigenvalue weighted by molar-refractivity contribution is 6.01. The molecule has 1 aromatic rings. The summed E-state index contributed by atoms with van der Waals surface area (Å²) in [5, 5.41) is 2.95. The summed E-state index contributed by atoms with van der Waals surface area (Å²) in [6.07, 6.45) is 0. The van der Waals surface area contributed by atoms with E-state index in [9.17, 15) is 9.59 Å². The van der Waals surface area contributed by atoms with Crippen LogP contribution in [0.25, 0.3) is 0 Å². The predicted molar refractivity (Wildman–Crippen MR) is 110 cm³/mol. The molecule has 1 N–H and O–H groups in total. The molecule has 0 spiro atoms. The molecular formula is C21H30N4O4. The number of methoxy groups -OCH3 is 2. The predicted octanol–water partition coefficient (Wildman–Crippen LogP) is 1.84. The Morgan fingerprint density at radius 2 is 1.72 bits per heavy atom. The molecular weight excluding hydrogens is 372 g/mol. The summed E-state index contributed by atoms with van der Waals surface area (Å²) >= 11 is 0. The lowest BCUT2D eigenvalue weighted by atomic mass is 9.95. The van der Waals surface area contributed by atoms with Crippen LogP contribution in [-0.2, 0) is 4.79 Å². The van der Waals surface area contributed by atoms with E-state index in [1.165, 1.54) is 0 Å². The first-order chi connectivity index (χ1) is 13.9. The maximum atomic E-state index is 13.3. The van der Waals surface area contributed by atoms with Gasteiger partial charge in [0, 0.05) is 26.2 Å². The van der Waals surface area contributed by atoms with E-state index in [0.717, 1.165) is 30.9 Å². The number of rotatable bonds is 8. The number of nitrogens with zero attached hydrogens (tertiary/aromatic N) is 3. The number of carbonyl (C=O) groups excluding carboxylic acids is 2. The average molecular weight is 402 g/mol. The SMILES string of the molecule is CCN(CC)CCN1CC2=C(C1=O)[C@@H](c1cc(OC)cc(OC)c1)NC(=O)N2C. The lowest BCUT2D eigenvalue weighted by Gasteiger charge is -2.31. The van der Waals surface area contributed by atoms with E-state index >= 15 is 0 Å². The van der Waals surface area contributed by atoms with Crippen molar-refractivity contribution < 1.29 is 19.1 Å². The van der Waals surface area contributed by atoms with Crippen molar-refractivity contribution in [2.24, 2.45) is 0 Å². The van der Waals surface area contributed by atoms with Gasteiger partial charge in [-0.2, -0.15) is 0 Å². The van der Waals surface area contributed by atoms with Crippen LogP contribution in [-0.4, -0.2) is 80.6 Å². The molecule has 0 unspecified atom stereocenters. The number of hydrogen-bond donors (Lipinski definition) is 1. The quantitative estimate of drug-likeness (QED) is 0.718. The third-order valence-electron chi connectivity index (χ3n) is 5.72. The molecule has 0 bridgehead atoms. The summed E-state index contributed by atoms with van der Waals surface area (Å²) in [4.78, 5) is 31.5. The second-order valence-electron chi connectivity index (χ2n) is 7.20. The molecule has 2 aliphatic rings. The fourth-order valence-corrected chi connectivity index (χ4v) is 3.85. The average Bonchev–Trinajstić information content (AvgIpc) is 3.07. The number of nitrogens with one attached hydrogen (secondary N) is 1. The third kappa shape index (κ3) is 4.03. The Morgan fingerprint density at radius 3 is 2.28 bits per heavy atom. The highest BCUT2D eigenvalue weighted by Gasteiger charge is 2.43. The Hall–Kier alpha value is -2.74. The Morgan fingerprint density at radius 1 is 1.10 bits per heavy atom. The minimum atomic E-state index is -0.538. The normalized spacial score (nSPS) is 19.0. The van der Waals surface area contributed by atoms with E-state index in [1.807, 2.05) is 17.0 Å². The van der Waals surface area contributed by atoms with Crippen molar-refractivity contribution in [3.05, 3.63) is 35.0 Å². The van der Waals surface area contributed by atoms with Crippen LogP contribution < -0.4 is 14.8 Å². The van der Waals surface area contributed by atoms with Crippen LogP contribution in [0.15, 0.2) is 29.5 Å². The smallest absolute Gasteiger partial charge is 0.322 e. The van der Waals surface area contributed by atoms with Crippen LogP contribution in [0.2, 0.25) is 0 Å². The zero-order valence-electron chi connectivity index (χ0n) is 17.8. The molecule has 0 fully saturated rings. The van der Waals surface area contributed by atoms with E-state index in [-0.39, 0.29) is 11.9 Å². The number of carbonyl (C=O) groups is 2. The van der Waals surface area contributed by atoms with Gasteiger partial charge in [-0.05, 0) is 30.8 Å². The molecule has 8 nitrogen and oxygen atoms in total. The van der Waals surface area contributed by atoms with Gasteiger partial charge in [-0.25, -0.2) is 4.79 Å². The van der Waals surface area contributed by atoms with Gasteiger partial charge in [-0.15, -0.1) is 0 Å². The van der Waals surface area contributed by atoms with Crippen molar-refractivity contribution in [2.75, 3.05) is 54.0 Å². The first-order valence-electron chi connectivity index (χ1n) is 9.95. The van der Waals surface area contributed by atoms with Crippen molar-refractivity contribution in [1.82, 2.24) is 20.0 Å². The molecule has 0 aliphatic carbocycles. The van der Waals surface area contributed by atoms with Gasteiger partial charge < -0.3 is 24.6 Å². The minimum Gasteiger partial charge on any atom is -0.497 e. The molecule has 0 radical (unpaired) electrons. The summed E-state index contributed by atoms with van der Waals surface area (Å²) in [7, 11) is 4.85. The number of amides is 3. The van der Waals surface area contributed by atoms with E-state index in [2.05, 4.69) is 24.1 Å². The van der Waals surface area contributed by atoms with Gasteiger partial charge in [-0.3, -0.25) is 9.69 Å². The Balaban J connectivity index is 1.92. The fourth-order valence-electron chi connectivity index (χ4n) is 3.85. The number of hydrogen-bond acceptors (Lipinski definition) is 5. The van der Waals surface area contributed by atoms with Gasteiger partial charge in [0.15, 0.2) is 0 Å². The molecule has 8 heteroatoms. The molecule has 3 rings (SSSR count). The van der Waals surface area contributed by atoms with E-state index in [1.54, 1.807) is 32.2 Å². The maximum Gasteiger partial charge on any atom is 0.322 e. The molecule has 1 aromatic carbocycles. The fraction of sp³-hybridized carbons (Fsp3) is 0.524. The van der Waals surface area contributed by atoms with Crippen LogP contribution in [0.5, 0.6) is 11.5 Å². The Bertz CT molecular complexity index is 797. The van der Waals surface area contributed by atoms with Crippen molar-refractivity contribution in [3.63, 3.8) is 0 Å². The first-order valence-corrected chi connectivity index (χ1v) is 9.95. The zero-order valence-corrected chi connectivity index (χ0v) is 17.8. The summed E-state index contributed by atoms with van der Waals surface area (Å²) in [6.45, 7) is 7.99. The first kappa shape index (κ1) is 21.0. The van der Waals surface area contributed by atoms with Gasteiger partial charge in [-0.1, -0.05) is 13.8 Å². The largest absolute Gasteiger partial charge is 0.497 e. The molecule has 158 valence electrons. The lowest BCUT2D eigenvalue weighted by Crippen LogP contribution is -2.45. The van der Waals surface area contributed by atoms with E-state index in [4.69, 9.17) is 9.47 Å². The standard InChI is InChI=1S/C21H30N4O4/c1-6-24(7-2)8-9-25-13-17-18(20(25)26)19(22-21(27)23(17)3)14-10-15(28-4)12-16(11-14)29-5/h10-12,19H,6-9,13H2,1-5H3,(H,22,27)/t19-/m1/s1. The third-order valence-corrected chi connectivity index (χ3v) is 5.72. The number of urea groups is 1. The van der Waals surface area contributed by atoms with Crippen LogP contribution in [0.3, 0.4) is 0 Å². The van der Waals surface area contributed by atoms with Crippen LogP contribution in [0.4, 0.5) is 4.79 Å². The molecule has 3 amide bonds. The molecule has 0 aromatic heterocycles. The van der Waals surface area contributed by atoms with Gasteiger partial charge in [0.05, 0.1) is 38.1 Å². The van der Waals surface area contributed by atoms with Gasteiger partial charge >= 0.3 is 6.03 Å². The van der Waals surface area contributed by atoms with Gasteiger partial charge in [0.25, 0.3) is 5.91 Å². The Labute approximate surface area is 172 Å². The topological polar surface area (TPSA) is 74.4 Å². The maximum absolute atomic E-state index is 13.3. The van der Waals surface area contributed by atoms with E-state index < -0.39 is 6.04 Å². The number of benzene rings is 1. The highest BCUT2D eigenvalue weighted by atomic mass is 16.5. The zero-order chi connectivity index (χ0) is 21.1. The molecule has 0 saturated heterocycles. The summed E-state index contributed by atoms with van der Waals surface area (Å²) in [6, 6.07) is 4.66. The van der Waals surface area contributed by atoms with Gasteiger partial charge in [0.2, 0.25) is 0 Å². The van der Waals surface area contributed by atoms with E-state index in [0.29, 0.717) is 30.2 Å². The van der Waals surface area contributed by atoms with Crippen LogP contribution in [0.1, 0.15) is 25.5 Å². The molecule has 2 aliphatic heterocycles. The van der Waals surface area contributed by atoms with Crippen LogP contribution >= 0.6 is 0 Å². The molecule has 29 heavy (non-hydrogen) atoms. The second-order valence-corrected chi connectivity index (χ2v) is 7.20. The number of ether oxygens (including phenoxy) is 2. The van der Waals surface area contributed by atoms with Crippen molar-refractivity contribution in [1.29, 1.82) is 0 Å².